The molecule has 19 heavy (non-hydrogen) atoms. The third-order valence-corrected chi connectivity index (χ3v) is 3.11. The summed E-state index contributed by atoms with van der Waals surface area (Å²) in [4.78, 5) is 11.2. The van der Waals surface area contributed by atoms with E-state index < -0.39 is 0 Å². The average molecular weight is 264 g/mol. The fourth-order valence-corrected chi connectivity index (χ4v) is 2.04. The van der Waals surface area contributed by atoms with Gasteiger partial charge in [-0.3, -0.25) is 4.79 Å². The number of benzene rings is 1. The highest BCUT2D eigenvalue weighted by atomic mass is 16.5. The van der Waals surface area contributed by atoms with E-state index in [4.69, 9.17) is 15.2 Å². The molecule has 1 aliphatic rings. The number of hydrogen-bond donors (Lipinski definition) is 2. The maximum Gasteiger partial charge on any atom is 0.238 e. The van der Waals surface area contributed by atoms with Crippen LogP contribution in [0.25, 0.3) is 0 Å². The van der Waals surface area contributed by atoms with Gasteiger partial charge in [0.15, 0.2) is 0 Å². The minimum atomic E-state index is -0.197. The zero-order valence-electron chi connectivity index (χ0n) is 11.1. The fraction of sp³-hybridized carbons (Fsp3) is 0.500. The Morgan fingerprint density at radius 2 is 2.21 bits per heavy atom. The van der Waals surface area contributed by atoms with Crippen molar-refractivity contribution in [2.45, 2.75) is 25.9 Å². The lowest BCUT2D eigenvalue weighted by Gasteiger charge is -2.24. The number of nitrogens with one attached hydrogen (secondary N) is 1. The normalized spacial score (nSPS) is 16.1. The molecule has 1 amide bonds. The molecular weight excluding hydrogens is 244 g/mol. The summed E-state index contributed by atoms with van der Waals surface area (Å²) < 4.78 is 11.3. The molecule has 0 radical (unpaired) electrons. The van der Waals surface area contributed by atoms with Crippen molar-refractivity contribution in [3.63, 3.8) is 0 Å². The molecule has 1 aromatic rings. The van der Waals surface area contributed by atoms with Crippen LogP contribution in [0.3, 0.4) is 0 Å². The summed E-state index contributed by atoms with van der Waals surface area (Å²) in [6.07, 6.45) is 2.06. The molecule has 1 aliphatic heterocycles. The van der Waals surface area contributed by atoms with Crippen molar-refractivity contribution in [2.24, 2.45) is 5.73 Å². The summed E-state index contributed by atoms with van der Waals surface area (Å²) in [5.41, 5.74) is 7.01. The number of amides is 1. The van der Waals surface area contributed by atoms with Gasteiger partial charge in [0.05, 0.1) is 19.8 Å². The minimum Gasteiger partial charge on any atom is -0.490 e. The highest BCUT2D eigenvalue weighted by Crippen LogP contribution is 2.25. The van der Waals surface area contributed by atoms with Crippen molar-refractivity contribution in [3.8, 4) is 5.75 Å². The summed E-state index contributed by atoms with van der Waals surface area (Å²) in [5.74, 6) is 0.662. The largest absolute Gasteiger partial charge is 0.490 e. The van der Waals surface area contributed by atoms with Crippen LogP contribution in [-0.4, -0.2) is 31.8 Å². The van der Waals surface area contributed by atoms with E-state index in [0.717, 1.165) is 43.1 Å². The van der Waals surface area contributed by atoms with E-state index in [1.54, 1.807) is 0 Å². The lowest BCUT2D eigenvalue weighted by molar-refractivity contribution is -0.114. The zero-order valence-corrected chi connectivity index (χ0v) is 11.1. The van der Waals surface area contributed by atoms with Gasteiger partial charge in [0.1, 0.15) is 11.9 Å². The van der Waals surface area contributed by atoms with E-state index >= 15 is 0 Å². The summed E-state index contributed by atoms with van der Waals surface area (Å²) in [6, 6.07) is 5.61. The summed E-state index contributed by atoms with van der Waals surface area (Å²) in [7, 11) is 0. The SMILES string of the molecule is Cc1cc(NC(=O)CN)ccc1OC1CCOCC1. The number of ether oxygens (including phenoxy) is 2. The smallest absolute Gasteiger partial charge is 0.238 e. The number of anilines is 1. The van der Waals surface area contributed by atoms with E-state index in [2.05, 4.69) is 5.32 Å². The molecule has 1 saturated heterocycles. The van der Waals surface area contributed by atoms with Gasteiger partial charge in [-0.1, -0.05) is 0 Å². The topological polar surface area (TPSA) is 73.6 Å². The Kier molecular flexibility index (Phi) is 4.76. The first-order chi connectivity index (χ1) is 9.19. The van der Waals surface area contributed by atoms with Gasteiger partial charge in [0.2, 0.25) is 5.91 Å². The third-order valence-electron chi connectivity index (χ3n) is 3.11. The molecule has 104 valence electrons. The van der Waals surface area contributed by atoms with Crippen LogP contribution in [0.5, 0.6) is 5.75 Å². The molecular formula is C14H20N2O3. The van der Waals surface area contributed by atoms with E-state index in [1.807, 2.05) is 25.1 Å². The summed E-state index contributed by atoms with van der Waals surface area (Å²) >= 11 is 0. The standard InChI is InChI=1S/C14H20N2O3/c1-10-8-11(16-14(17)9-15)2-3-13(10)19-12-4-6-18-7-5-12/h2-3,8,12H,4-7,9,15H2,1H3,(H,16,17). The van der Waals surface area contributed by atoms with Gasteiger partial charge in [0.25, 0.3) is 0 Å². The van der Waals surface area contributed by atoms with Gasteiger partial charge in [-0.05, 0) is 30.7 Å². The monoisotopic (exact) mass is 264 g/mol. The van der Waals surface area contributed by atoms with Gasteiger partial charge >= 0.3 is 0 Å². The first kappa shape index (κ1) is 13.8. The van der Waals surface area contributed by atoms with E-state index in [9.17, 15) is 4.79 Å². The summed E-state index contributed by atoms with van der Waals surface area (Å²) in [6.45, 7) is 3.47. The highest BCUT2D eigenvalue weighted by molar-refractivity contribution is 5.92. The maximum absolute atomic E-state index is 11.2. The molecule has 0 spiro atoms. The number of nitrogens with two attached hydrogens (primary N) is 1. The Morgan fingerprint density at radius 3 is 2.84 bits per heavy atom. The van der Waals surface area contributed by atoms with Gasteiger partial charge in [-0.2, -0.15) is 0 Å². The molecule has 0 saturated carbocycles. The van der Waals surface area contributed by atoms with E-state index in [-0.39, 0.29) is 18.6 Å². The molecule has 5 heteroatoms. The molecule has 0 aromatic heterocycles. The van der Waals surface area contributed by atoms with Crippen molar-refractivity contribution < 1.29 is 14.3 Å². The maximum atomic E-state index is 11.2. The van der Waals surface area contributed by atoms with Crippen LogP contribution < -0.4 is 15.8 Å². The highest BCUT2D eigenvalue weighted by Gasteiger charge is 2.16. The lowest BCUT2D eigenvalue weighted by Crippen LogP contribution is -2.26. The van der Waals surface area contributed by atoms with Crippen LogP contribution in [0.15, 0.2) is 18.2 Å². The molecule has 1 heterocycles. The van der Waals surface area contributed by atoms with Crippen LogP contribution in [0.1, 0.15) is 18.4 Å². The second-order valence-corrected chi connectivity index (χ2v) is 4.66. The molecule has 5 nitrogen and oxygen atoms in total. The Hall–Kier alpha value is -1.59. The van der Waals surface area contributed by atoms with Crippen LogP contribution in [-0.2, 0) is 9.53 Å². The van der Waals surface area contributed by atoms with Gasteiger partial charge in [-0.25, -0.2) is 0 Å². The number of rotatable bonds is 4. The van der Waals surface area contributed by atoms with E-state index in [0.29, 0.717) is 0 Å². The predicted octanol–water partition coefficient (Wildman–Crippen LogP) is 1.45. The van der Waals surface area contributed by atoms with Crippen molar-refractivity contribution in [2.75, 3.05) is 25.1 Å². The first-order valence-corrected chi connectivity index (χ1v) is 6.54. The van der Waals surface area contributed by atoms with Crippen molar-refractivity contribution in [1.82, 2.24) is 0 Å². The number of aryl methyl sites for hydroxylation is 1. The van der Waals surface area contributed by atoms with Crippen molar-refractivity contribution >= 4 is 11.6 Å². The fourth-order valence-electron chi connectivity index (χ4n) is 2.04. The third kappa shape index (κ3) is 3.94. The van der Waals surface area contributed by atoms with Gasteiger partial charge in [-0.15, -0.1) is 0 Å². The Bertz CT molecular complexity index is 442. The van der Waals surface area contributed by atoms with Crippen LogP contribution >= 0.6 is 0 Å². The average Bonchev–Trinajstić information content (AvgIpc) is 2.43. The zero-order chi connectivity index (χ0) is 13.7. The molecule has 0 unspecified atom stereocenters. The van der Waals surface area contributed by atoms with Crippen molar-refractivity contribution in [3.05, 3.63) is 23.8 Å². The molecule has 0 bridgehead atoms. The number of carbonyl (C=O) groups is 1. The Morgan fingerprint density at radius 1 is 1.47 bits per heavy atom. The predicted molar refractivity (Wildman–Crippen MR) is 73.3 cm³/mol. The molecule has 1 aromatic carbocycles. The van der Waals surface area contributed by atoms with Gasteiger partial charge in [0, 0.05) is 18.5 Å². The van der Waals surface area contributed by atoms with Crippen LogP contribution in [0.2, 0.25) is 0 Å². The van der Waals surface area contributed by atoms with Gasteiger partial charge < -0.3 is 20.5 Å². The first-order valence-electron chi connectivity index (χ1n) is 6.54. The quantitative estimate of drug-likeness (QED) is 0.863. The Labute approximate surface area is 113 Å². The minimum absolute atomic E-state index is 0.0145. The van der Waals surface area contributed by atoms with E-state index in [1.165, 1.54) is 0 Å². The molecule has 0 atom stereocenters. The summed E-state index contributed by atoms with van der Waals surface area (Å²) in [5, 5.41) is 2.72. The van der Waals surface area contributed by atoms with Crippen molar-refractivity contribution in [1.29, 1.82) is 0 Å². The van der Waals surface area contributed by atoms with Crippen LogP contribution in [0, 0.1) is 6.92 Å². The number of carbonyl (C=O) groups excluding carboxylic acids is 1. The Balaban J connectivity index is 2.00. The lowest BCUT2D eigenvalue weighted by atomic mass is 10.1. The second kappa shape index (κ2) is 6.54. The molecule has 2 rings (SSSR count). The molecule has 1 fully saturated rings. The molecule has 3 N–H and O–H groups in total. The molecule has 0 aliphatic carbocycles. The second-order valence-electron chi connectivity index (χ2n) is 4.66. The number of hydrogen-bond acceptors (Lipinski definition) is 4. The van der Waals surface area contributed by atoms with Crippen LogP contribution in [0.4, 0.5) is 5.69 Å².